The average molecular weight is 357 g/mol. The fraction of sp³-hybridized carbons (Fsp3) is 0.273. The van der Waals surface area contributed by atoms with Gasteiger partial charge in [0.1, 0.15) is 5.82 Å². The topological polar surface area (TPSA) is 67.7 Å². The number of imidazole rings is 1. The van der Waals surface area contributed by atoms with Crippen molar-refractivity contribution in [3.63, 3.8) is 0 Å². The van der Waals surface area contributed by atoms with Crippen LogP contribution in [-0.2, 0) is 0 Å². The van der Waals surface area contributed by atoms with Crippen LogP contribution in [0.5, 0.6) is 0 Å². The van der Waals surface area contributed by atoms with E-state index in [-0.39, 0.29) is 6.04 Å². The molecule has 1 aliphatic heterocycles. The molecule has 0 radical (unpaired) electrons. The van der Waals surface area contributed by atoms with E-state index in [1.807, 2.05) is 42.5 Å². The lowest BCUT2D eigenvalue weighted by molar-refractivity contribution is 0.157. The molecule has 0 aliphatic carbocycles. The van der Waals surface area contributed by atoms with E-state index in [0.29, 0.717) is 11.6 Å². The van der Waals surface area contributed by atoms with E-state index in [0.717, 1.165) is 47.5 Å². The highest BCUT2D eigenvalue weighted by Crippen LogP contribution is 2.30. The Bertz CT molecular complexity index is 962. The van der Waals surface area contributed by atoms with Crippen molar-refractivity contribution in [2.24, 2.45) is 0 Å². The van der Waals surface area contributed by atoms with E-state index in [4.69, 9.17) is 10.2 Å². The van der Waals surface area contributed by atoms with Crippen molar-refractivity contribution in [3.05, 3.63) is 72.1 Å². The number of hydrogen-bond donors (Lipinski definition) is 2. The summed E-state index contributed by atoms with van der Waals surface area (Å²) in [7, 11) is 2.16. The van der Waals surface area contributed by atoms with Crippen molar-refractivity contribution in [3.8, 4) is 6.07 Å². The van der Waals surface area contributed by atoms with Gasteiger partial charge < -0.3 is 10.3 Å². The molecular weight excluding hydrogens is 334 g/mol. The minimum Gasteiger partial charge on any atom is -0.382 e. The van der Waals surface area contributed by atoms with Gasteiger partial charge in [-0.2, -0.15) is 5.26 Å². The Kier molecular flexibility index (Phi) is 4.66. The highest BCUT2D eigenvalue weighted by molar-refractivity contribution is 5.74. The molecule has 1 saturated heterocycles. The van der Waals surface area contributed by atoms with Crippen molar-refractivity contribution in [1.82, 2.24) is 20.2 Å². The average Bonchev–Trinajstić information content (AvgIpc) is 3.13. The number of nitrogens with one attached hydrogen (secondary N) is 2. The monoisotopic (exact) mass is 357 g/mol. The lowest BCUT2D eigenvalue weighted by atomic mass is 9.96. The molecule has 0 saturated carbocycles. The Morgan fingerprint density at radius 2 is 2.04 bits per heavy atom. The van der Waals surface area contributed by atoms with Crippen LogP contribution >= 0.6 is 0 Å². The Labute approximate surface area is 159 Å². The zero-order valence-electron chi connectivity index (χ0n) is 15.4. The van der Waals surface area contributed by atoms with Gasteiger partial charge in [-0.05, 0) is 49.7 Å². The first-order valence-corrected chi connectivity index (χ1v) is 9.25. The number of hydrogen-bond acceptors (Lipinski definition) is 4. The molecule has 0 spiro atoms. The molecule has 1 unspecified atom stereocenters. The smallest absolute Gasteiger partial charge is 0.124 e. The molecule has 3 aromatic rings. The molecule has 0 amide bonds. The second-order valence-corrected chi connectivity index (χ2v) is 7.17. The zero-order chi connectivity index (χ0) is 18.8. The highest BCUT2D eigenvalue weighted by atomic mass is 15.2. The molecule has 5 heteroatoms. The lowest BCUT2D eigenvalue weighted by Gasteiger charge is -2.37. The summed E-state index contributed by atoms with van der Waals surface area (Å²) in [6.07, 6.45) is 2.02. The van der Waals surface area contributed by atoms with Crippen molar-refractivity contribution in [2.45, 2.75) is 24.9 Å². The van der Waals surface area contributed by atoms with Crippen LogP contribution < -0.4 is 5.32 Å². The van der Waals surface area contributed by atoms with Crippen LogP contribution in [0, 0.1) is 11.3 Å². The van der Waals surface area contributed by atoms with Gasteiger partial charge in [0.05, 0.1) is 28.7 Å². The molecule has 2 atom stereocenters. The molecule has 2 heterocycles. The first-order chi connectivity index (χ1) is 13.1. The number of piperidine rings is 1. The van der Waals surface area contributed by atoms with Gasteiger partial charge in [0.15, 0.2) is 0 Å². The second-order valence-electron chi connectivity index (χ2n) is 7.17. The molecule has 2 N–H and O–H groups in total. The van der Waals surface area contributed by atoms with Gasteiger partial charge in [-0.15, -0.1) is 0 Å². The van der Waals surface area contributed by atoms with Crippen LogP contribution in [0.4, 0.5) is 0 Å². The third-order valence-electron chi connectivity index (χ3n) is 5.33. The molecule has 0 bridgehead atoms. The van der Waals surface area contributed by atoms with Crippen LogP contribution in [0.25, 0.3) is 16.7 Å². The molecule has 27 heavy (non-hydrogen) atoms. The first kappa shape index (κ1) is 17.3. The number of aromatic amines is 1. The third-order valence-corrected chi connectivity index (χ3v) is 5.33. The van der Waals surface area contributed by atoms with E-state index in [2.05, 4.69) is 41.0 Å². The van der Waals surface area contributed by atoms with Crippen LogP contribution in [0.3, 0.4) is 0 Å². The summed E-state index contributed by atoms with van der Waals surface area (Å²) in [5, 5.41) is 12.5. The molecule has 1 fully saturated rings. The quantitative estimate of drug-likeness (QED) is 0.745. The van der Waals surface area contributed by atoms with Gasteiger partial charge in [-0.25, -0.2) is 4.98 Å². The minimum absolute atomic E-state index is 0.248. The van der Waals surface area contributed by atoms with E-state index in [1.165, 1.54) is 0 Å². The van der Waals surface area contributed by atoms with E-state index in [1.54, 1.807) is 0 Å². The fourth-order valence-corrected chi connectivity index (χ4v) is 3.74. The van der Waals surface area contributed by atoms with Crippen LogP contribution in [0.1, 0.15) is 35.8 Å². The maximum atomic E-state index is 8.94. The Balaban J connectivity index is 1.48. The summed E-state index contributed by atoms with van der Waals surface area (Å²) in [6, 6.07) is 18.4. The SMILES string of the molecule is C=C(N[C@@H]1CCN(C)C(c2nc3ccccc3[nH]2)C1)c1ccc(C#N)cc1. The summed E-state index contributed by atoms with van der Waals surface area (Å²) in [5.41, 5.74) is 4.68. The van der Waals surface area contributed by atoms with Gasteiger partial charge in [-0.1, -0.05) is 30.8 Å². The Morgan fingerprint density at radius 1 is 1.26 bits per heavy atom. The first-order valence-electron chi connectivity index (χ1n) is 9.25. The van der Waals surface area contributed by atoms with Gasteiger partial charge >= 0.3 is 0 Å². The summed E-state index contributed by atoms with van der Waals surface area (Å²) in [6.45, 7) is 5.20. The molecule has 1 aromatic heterocycles. The van der Waals surface area contributed by atoms with E-state index < -0.39 is 0 Å². The number of likely N-dealkylation sites (tertiary alicyclic amines) is 1. The molecule has 5 nitrogen and oxygen atoms in total. The Hall–Kier alpha value is -3.10. The summed E-state index contributed by atoms with van der Waals surface area (Å²) in [4.78, 5) is 10.6. The molecule has 136 valence electrons. The number of para-hydroxylation sites is 2. The number of aromatic nitrogens is 2. The van der Waals surface area contributed by atoms with Gasteiger partial charge in [0.2, 0.25) is 0 Å². The maximum absolute atomic E-state index is 8.94. The Morgan fingerprint density at radius 3 is 2.78 bits per heavy atom. The number of nitrogens with zero attached hydrogens (tertiary/aromatic N) is 3. The third kappa shape index (κ3) is 3.57. The van der Waals surface area contributed by atoms with Crippen molar-refractivity contribution in [1.29, 1.82) is 5.26 Å². The number of H-pyrrole nitrogens is 1. The van der Waals surface area contributed by atoms with Gasteiger partial charge in [-0.3, -0.25) is 4.90 Å². The predicted molar refractivity (Wildman–Crippen MR) is 108 cm³/mol. The largest absolute Gasteiger partial charge is 0.382 e. The fourth-order valence-electron chi connectivity index (χ4n) is 3.74. The summed E-state index contributed by atoms with van der Waals surface area (Å²) >= 11 is 0. The number of fused-ring (bicyclic) bond motifs is 1. The van der Waals surface area contributed by atoms with Crippen LogP contribution in [-0.4, -0.2) is 34.5 Å². The van der Waals surface area contributed by atoms with Crippen LogP contribution in [0.2, 0.25) is 0 Å². The van der Waals surface area contributed by atoms with Crippen molar-refractivity contribution < 1.29 is 0 Å². The highest BCUT2D eigenvalue weighted by Gasteiger charge is 2.29. The molecule has 2 aromatic carbocycles. The van der Waals surface area contributed by atoms with E-state index >= 15 is 0 Å². The molecule has 4 rings (SSSR count). The minimum atomic E-state index is 0.248. The van der Waals surface area contributed by atoms with Crippen molar-refractivity contribution in [2.75, 3.05) is 13.6 Å². The standard InChI is InChI=1S/C22H23N5/c1-15(17-9-7-16(14-23)8-10-17)24-18-11-12-27(2)21(13-18)22-25-19-5-3-4-6-20(19)26-22/h3-10,18,21,24H,1,11-13H2,2H3,(H,25,26)/t18-,21?/m1/s1. The number of benzene rings is 2. The second kappa shape index (κ2) is 7.26. The number of nitriles is 1. The predicted octanol–water partition coefficient (Wildman–Crippen LogP) is 3.83. The summed E-state index contributed by atoms with van der Waals surface area (Å²) < 4.78 is 0. The lowest BCUT2D eigenvalue weighted by Crippen LogP contribution is -2.42. The normalized spacial score (nSPS) is 20.3. The number of rotatable bonds is 4. The van der Waals surface area contributed by atoms with Gasteiger partial charge in [0.25, 0.3) is 0 Å². The molecule has 1 aliphatic rings. The van der Waals surface area contributed by atoms with Crippen LogP contribution in [0.15, 0.2) is 55.1 Å². The maximum Gasteiger partial charge on any atom is 0.124 e. The molecular formula is C22H23N5. The summed E-state index contributed by atoms with van der Waals surface area (Å²) in [5.74, 6) is 1.02. The van der Waals surface area contributed by atoms with E-state index in [9.17, 15) is 0 Å². The van der Waals surface area contributed by atoms with Crippen molar-refractivity contribution >= 4 is 16.7 Å². The van der Waals surface area contributed by atoms with Gasteiger partial charge in [0, 0.05) is 18.3 Å². The zero-order valence-corrected chi connectivity index (χ0v) is 15.4.